The molecular weight excluding hydrogens is 346 g/mol. The third-order valence-electron chi connectivity index (χ3n) is 4.83. The fourth-order valence-electron chi connectivity index (χ4n) is 3.37. The van der Waals surface area contributed by atoms with Gasteiger partial charge in [-0.2, -0.15) is 4.98 Å². The number of aromatic carboxylic acids is 1. The number of hydrogen-bond acceptors (Lipinski definition) is 6. The highest BCUT2D eigenvalue weighted by molar-refractivity contribution is 5.91. The normalized spacial score (nSPS) is 15.2. The van der Waals surface area contributed by atoms with E-state index in [1.165, 1.54) is 7.11 Å². The Morgan fingerprint density at radius 2 is 1.96 bits per heavy atom. The highest BCUT2D eigenvalue weighted by Gasteiger charge is 2.21. The SMILES string of the molecule is COc1ccc(CN2CCN(c3nc4ccccc4o3)CC2)cc1C(=O)O. The van der Waals surface area contributed by atoms with Crippen LogP contribution in [0.4, 0.5) is 6.01 Å². The number of benzene rings is 2. The van der Waals surface area contributed by atoms with E-state index in [0.29, 0.717) is 18.3 Å². The van der Waals surface area contributed by atoms with E-state index < -0.39 is 5.97 Å². The maximum Gasteiger partial charge on any atom is 0.339 e. The Kier molecular flexibility index (Phi) is 4.68. The number of anilines is 1. The summed E-state index contributed by atoms with van der Waals surface area (Å²) >= 11 is 0. The van der Waals surface area contributed by atoms with Gasteiger partial charge in [0.25, 0.3) is 6.01 Å². The van der Waals surface area contributed by atoms with Crippen LogP contribution in [-0.2, 0) is 6.54 Å². The number of nitrogens with zero attached hydrogens (tertiary/aromatic N) is 3. The molecule has 0 saturated carbocycles. The van der Waals surface area contributed by atoms with Crippen LogP contribution in [0.25, 0.3) is 11.1 Å². The molecule has 3 aromatic rings. The van der Waals surface area contributed by atoms with E-state index in [4.69, 9.17) is 9.15 Å². The van der Waals surface area contributed by atoms with Crippen molar-refractivity contribution in [3.63, 3.8) is 0 Å². The van der Waals surface area contributed by atoms with Crippen LogP contribution >= 0.6 is 0 Å². The van der Waals surface area contributed by atoms with E-state index in [-0.39, 0.29) is 5.56 Å². The summed E-state index contributed by atoms with van der Waals surface area (Å²) < 4.78 is 11.0. The van der Waals surface area contributed by atoms with Crippen molar-refractivity contribution in [2.75, 3.05) is 38.2 Å². The molecule has 2 aromatic carbocycles. The van der Waals surface area contributed by atoms with E-state index in [1.807, 2.05) is 30.3 Å². The van der Waals surface area contributed by atoms with E-state index in [2.05, 4.69) is 14.8 Å². The summed E-state index contributed by atoms with van der Waals surface area (Å²) in [6.07, 6.45) is 0. The molecule has 1 saturated heterocycles. The van der Waals surface area contributed by atoms with Gasteiger partial charge in [-0.3, -0.25) is 4.90 Å². The van der Waals surface area contributed by atoms with Crippen molar-refractivity contribution in [1.29, 1.82) is 0 Å². The van der Waals surface area contributed by atoms with Gasteiger partial charge in [-0.1, -0.05) is 18.2 Å². The zero-order valence-corrected chi connectivity index (χ0v) is 15.1. The molecule has 0 unspecified atom stereocenters. The Balaban J connectivity index is 1.41. The molecule has 1 aromatic heterocycles. The summed E-state index contributed by atoms with van der Waals surface area (Å²) in [5, 5.41) is 9.33. The lowest BCUT2D eigenvalue weighted by Gasteiger charge is -2.33. The third kappa shape index (κ3) is 3.59. The summed E-state index contributed by atoms with van der Waals surface area (Å²) in [6, 6.07) is 13.7. The number of aromatic nitrogens is 1. The predicted octanol–water partition coefficient (Wildman–Crippen LogP) is 2.86. The van der Waals surface area contributed by atoms with Gasteiger partial charge in [-0.15, -0.1) is 0 Å². The van der Waals surface area contributed by atoms with E-state index >= 15 is 0 Å². The van der Waals surface area contributed by atoms with Crippen molar-refractivity contribution in [2.45, 2.75) is 6.54 Å². The lowest BCUT2D eigenvalue weighted by atomic mass is 10.1. The topological polar surface area (TPSA) is 79.0 Å². The molecule has 0 atom stereocenters. The first-order valence-corrected chi connectivity index (χ1v) is 8.87. The van der Waals surface area contributed by atoms with Gasteiger partial charge in [-0.25, -0.2) is 4.79 Å². The quantitative estimate of drug-likeness (QED) is 0.743. The summed E-state index contributed by atoms with van der Waals surface area (Å²) in [4.78, 5) is 20.4. The van der Waals surface area contributed by atoms with Crippen LogP contribution in [0.2, 0.25) is 0 Å². The van der Waals surface area contributed by atoms with Crippen molar-refractivity contribution in [3.05, 3.63) is 53.6 Å². The zero-order valence-electron chi connectivity index (χ0n) is 15.1. The van der Waals surface area contributed by atoms with Crippen molar-refractivity contribution in [3.8, 4) is 5.75 Å². The van der Waals surface area contributed by atoms with E-state index in [0.717, 1.165) is 42.8 Å². The number of carbonyl (C=O) groups is 1. The van der Waals surface area contributed by atoms with Gasteiger partial charge >= 0.3 is 5.97 Å². The number of oxazole rings is 1. The Labute approximate surface area is 156 Å². The molecule has 0 bridgehead atoms. The van der Waals surface area contributed by atoms with Crippen molar-refractivity contribution in [2.24, 2.45) is 0 Å². The van der Waals surface area contributed by atoms with Crippen LogP contribution in [0.3, 0.4) is 0 Å². The van der Waals surface area contributed by atoms with Crippen LogP contribution in [0.15, 0.2) is 46.9 Å². The molecule has 1 N–H and O–H groups in total. The molecule has 140 valence electrons. The van der Waals surface area contributed by atoms with Gasteiger partial charge in [0.05, 0.1) is 7.11 Å². The van der Waals surface area contributed by atoms with Gasteiger partial charge in [0.1, 0.15) is 16.8 Å². The zero-order chi connectivity index (χ0) is 18.8. The second-order valence-corrected chi connectivity index (χ2v) is 6.57. The lowest BCUT2D eigenvalue weighted by Crippen LogP contribution is -2.46. The Hall–Kier alpha value is -3.06. The molecule has 27 heavy (non-hydrogen) atoms. The van der Waals surface area contributed by atoms with E-state index in [1.54, 1.807) is 12.1 Å². The molecule has 1 aliphatic heterocycles. The number of ether oxygens (including phenoxy) is 1. The average Bonchev–Trinajstić information content (AvgIpc) is 3.12. The Morgan fingerprint density at radius 1 is 1.19 bits per heavy atom. The first-order valence-electron chi connectivity index (χ1n) is 8.87. The molecular formula is C20H21N3O4. The molecule has 0 amide bonds. The molecule has 0 radical (unpaired) electrons. The van der Waals surface area contributed by atoms with Crippen molar-refractivity contribution in [1.82, 2.24) is 9.88 Å². The first-order chi connectivity index (χ1) is 13.1. The number of piperazine rings is 1. The fraction of sp³-hybridized carbons (Fsp3) is 0.300. The molecule has 1 fully saturated rings. The summed E-state index contributed by atoms with van der Waals surface area (Å²) in [6.45, 7) is 4.04. The summed E-state index contributed by atoms with van der Waals surface area (Å²) in [5.74, 6) is -0.596. The Morgan fingerprint density at radius 3 is 2.67 bits per heavy atom. The minimum absolute atomic E-state index is 0.195. The van der Waals surface area contributed by atoms with Gasteiger partial charge in [0.15, 0.2) is 5.58 Å². The van der Waals surface area contributed by atoms with Crippen molar-refractivity contribution >= 4 is 23.1 Å². The maximum absolute atomic E-state index is 11.4. The maximum atomic E-state index is 11.4. The van der Waals surface area contributed by atoms with Gasteiger partial charge in [-0.05, 0) is 29.8 Å². The monoisotopic (exact) mass is 367 g/mol. The summed E-state index contributed by atoms with van der Waals surface area (Å²) in [7, 11) is 1.48. The number of fused-ring (bicyclic) bond motifs is 1. The number of carboxylic acid groups (broad SMARTS) is 1. The van der Waals surface area contributed by atoms with Crippen LogP contribution in [0.1, 0.15) is 15.9 Å². The molecule has 0 aliphatic carbocycles. The van der Waals surface area contributed by atoms with Crippen LogP contribution in [0, 0.1) is 0 Å². The van der Waals surface area contributed by atoms with Crippen LogP contribution < -0.4 is 9.64 Å². The average molecular weight is 367 g/mol. The highest BCUT2D eigenvalue weighted by Crippen LogP contribution is 2.24. The smallest absolute Gasteiger partial charge is 0.339 e. The highest BCUT2D eigenvalue weighted by atomic mass is 16.5. The molecule has 2 heterocycles. The Bertz CT molecular complexity index is 928. The van der Waals surface area contributed by atoms with E-state index in [9.17, 15) is 9.90 Å². The van der Waals surface area contributed by atoms with Crippen LogP contribution in [0.5, 0.6) is 5.75 Å². The fourth-order valence-corrected chi connectivity index (χ4v) is 3.37. The molecule has 1 aliphatic rings. The van der Waals surface area contributed by atoms with Crippen molar-refractivity contribution < 1.29 is 19.1 Å². The molecule has 7 nitrogen and oxygen atoms in total. The van der Waals surface area contributed by atoms with Gasteiger partial charge in [0.2, 0.25) is 0 Å². The molecule has 0 spiro atoms. The number of hydrogen-bond donors (Lipinski definition) is 1. The number of methoxy groups -OCH3 is 1. The number of rotatable bonds is 5. The number of para-hydroxylation sites is 2. The first kappa shape index (κ1) is 17.4. The largest absolute Gasteiger partial charge is 0.496 e. The van der Waals surface area contributed by atoms with Gasteiger partial charge < -0.3 is 19.2 Å². The summed E-state index contributed by atoms with van der Waals surface area (Å²) in [5.41, 5.74) is 2.83. The predicted molar refractivity (Wildman–Crippen MR) is 101 cm³/mol. The lowest BCUT2D eigenvalue weighted by molar-refractivity contribution is 0.0693. The minimum Gasteiger partial charge on any atom is -0.496 e. The number of carboxylic acids is 1. The second-order valence-electron chi connectivity index (χ2n) is 6.57. The molecule has 4 rings (SSSR count). The van der Waals surface area contributed by atoms with Gasteiger partial charge in [0, 0.05) is 32.7 Å². The minimum atomic E-state index is -0.977. The third-order valence-corrected chi connectivity index (χ3v) is 4.83. The van der Waals surface area contributed by atoms with Crippen LogP contribution in [-0.4, -0.2) is 54.2 Å². The second kappa shape index (κ2) is 7.28. The molecule has 7 heteroatoms. The standard InChI is InChI=1S/C20H21N3O4/c1-26-17-7-6-14(12-15(17)19(24)25)13-22-8-10-23(11-9-22)20-21-16-4-2-3-5-18(16)27-20/h2-7,12H,8-11,13H2,1H3,(H,24,25).